The van der Waals surface area contributed by atoms with Crippen LogP contribution in [0.4, 0.5) is 5.69 Å². The van der Waals surface area contributed by atoms with Gasteiger partial charge in [0, 0.05) is 16.5 Å². The van der Waals surface area contributed by atoms with Gasteiger partial charge in [-0.25, -0.2) is 0 Å². The Bertz CT molecular complexity index is 741. The molecular weight excluding hydrogens is 374 g/mol. The van der Waals surface area contributed by atoms with Crippen LogP contribution in [-0.4, -0.2) is 37.5 Å². The van der Waals surface area contributed by atoms with Gasteiger partial charge in [-0.05, 0) is 38.3 Å². The van der Waals surface area contributed by atoms with Crippen molar-refractivity contribution < 1.29 is 14.3 Å². The number of anilines is 1. The van der Waals surface area contributed by atoms with E-state index >= 15 is 0 Å². The highest BCUT2D eigenvalue weighted by Crippen LogP contribution is 2.28. The van der Waals surface area contributed by atoms with Crippen molar-refractivity contribution in [2.24, 2.45) is 9.98 Å². The summed E-state index contributed by atoms with van der Waals surface area (Å²) in [5, 5.41) is 2.86. The number of aliphatic imine (C=N–C) groups is 2. The zero-order valence-corrected chi connectivity index (χ0v) is 15.1. The van der Waals surface area contributed by atoms with Crippen molar-refractivity contribution >= 4 is 45.9 Å². The molecule has 1 N–H and O–H groups in total. The van der Waals surface area contributed by atoms with E-state index in [2.05, 4.69) is 42.7 Å². The molecular formula is C17H18BrN3O3. The monoisotopic (exact) mass is 391 g/mol. The average molecular weight is 392 g/mol. The minimum Gasteiger partial charge on any atom is -0.469 e. The third-order valence-electron chi connectivity index (χ3n) is 3.62. The van der Waals surface area contributed by atoms with Crippen LogP contribution in [0.2, 0.25) is 0 Å². The summed E-state index contributed by atoms with van der Waals surface area (Å²) in [6.45, 7) is 5.40. The lowest BCUT2D eigenvalue weighted by Crippen LogP contribution is -2.26. The molecule has 0 fully saturated rings. The molecule has 0 aromatic heterocycles. The van der Waals surface area contributed by atoms with Crippen LogP contribution in [0.1, 0.15) is 25.3 Å². The van der Waals surface area contributed by atoms with Gasteiger partial charge < -0.3 is 10.1 Å². The number of carbonyl (C=O) groups is 2. The van der Waals surface area contributed by atoms with E-state index in [1.165, 1.54) is 7.11 Å². The topological polar surface area (TPSA) is 80.1 Å². The van der Waals surface area contributed by atoms with Gasteiger partial charge in [0.2, 0.25) is 5.91 Å². The number of allylic oxidation sites excluding steroid dienone is 2. The van der Waals surface area contributed by atoms with Crippen LogP contribution in [0.3, 0.4) is 0 Å². The van der Waals surface area contributed by atoms with Crippen LogP contribution < -0.4 is 5.32 Å². The number of hydrogen-bond donors (Lipinski definition) is 1. The van der Waals surface area contributed by atoms with Crippen LogP contribution in [-0.2, 0) is 14.3 Å². The second-order valence-electron chi connectivity index (χ2n) is 5.12. The maximum absolute atomic E-state index is 12.5. The van der Waals surface area contributed by atoms with Gasteiger partial charge >= 0.3 is 5.97 Å². The number of esters is 1. The predicted molar refractivity (Wildman–Crippen MR) is 97.7 cm³/mol. The molecule has 0 radical (unpaired) electrons. The van der Waals surface area contributed by atoms with Gasteiger partial charge in [-0.15, -0.1) is 0 Å². The molecule has 0 aliphatic carbocycles. The van der Waals surface area contributed by atoms with Gasteiger partial charge in [-0.2, -0.15) is 0 Å². The van der Waals surface area contributed by atoms with Crippen molar-refractivity contribution in [2.75, 3.05) is 12.4 Å². The summed E-state index contributed by atoms with van der Waals surface area (Å²) in [5.74, 6) is -0.644. The molecule has 1 heterocycles. The summed E-state index contributed by atoms with van der Waals surface area (Å²) >= 11 is 3.43. The number of benzodiazepines with no additional fused rings is 1. The molecule has 1 amide bonds. The SMILES string of the molecule is C=N/C(=C\C)C1=NC(CCC(=O)OC)C(=O)Nc2ccc(Br)cc21. The number of amides is 1. The Morgan fingerprint density at radius 1 is 1.54 bits per heavy atom. The number of fused-ring (bicyclic) bond motifs is 1. The van der Waals surface area contributed by atoms with Gasteiger partial charge in [0.15, 0.2) is 0 Å². The molecule has 1 atom stereocenters. The van der Waals surface area contributed by atoms with E-state index in [9.17, 15) is 9.59 Å². The fraction of sp³-hybridized carbons (Fsp3) is 0.294. The van der Waals surface area contributed by atoms with Crippen molar-refractivity contribution in [3.8, 4) is 0 Å². The molecule has 24 heavy (non-hydrogen) atoms. The standard InChI is InChI=1S/C17H18BrN3O3/c1-4-12(19-2)16-11-9-10(18)5-6-13(11)21-17(23)14(20-16)7-8-15(22)24-3/h4-6,9,14H,2,7-8H2,1,3H3,(H,21,23)/b12-4-. The number of rotatable bonds is 5. The second kappa shape index (κ2) is 8.01. The minimum absolute atomic E-state index is 0.109. The van der Waals surface area contributed by atoms with E-state index in [4.69, 9.17) is 0 Å². The molecule has 0 saturated carbocycles. The third-order valence-corrected chi connectivity index (χ3v) is 4.11. The van der Waals surface area contributed by atoms with Crippen LogP contribution in [0.15, 0.2) is 44.4 Å². The normalized spacial score (nSPS) is 17.3. The Balaban J connectivity index is 2.49. The molecule has 0 bridgehead atoms. The maximum Gasteiger partial charge on any atom is 0.305 e. The molecule has 1 aliphatic rings. The zero-order valence-electron chi connectivity index (χ0n) is 13.5. The van der Waals surface area contributed by atoms with Crippen LogP contribution >= 0.6 is 15.9 Å². The smallest absolute Gasteiger partial charge is 0.305 e. The Hall–Kier alpha value is -2.28. The third kappa shape index (κ3) is 3.97. The maximum atomic E-state index is 12.5. The fourth-order valence-corrected chi connectivity index (χ4v) is 2.74. The number of benzene rings is 1. The number of nitrogens with one attached hydrogen (secondary N) is 1. The van der Waals surface area contributed by atoms with Gasteiger partial charge in [0.05, 0.1) is 24.2 Å². The lowest BCUT2D eigenvalue weighted by atomic mass is 10.0. The van der Waals surface area contributed by atoms with Crippen molar-refractivity contribution in [3.05, 3.63) is 40.0 Å². The van der Waals surface area contributed by atoms with Crippen LogP contribution in [0.25, 0.3) is 0 Å². The lowest BCUT2D eigenvalue weighted by molar-refractivity contribution is -0.140. The lowest BCUT2D eigenvalue weighted by Gasteiger charge is -2.10. The molecule has 0 spiro atoms. The summed E-state index contributed by atoms with van der Waals surface area (Å²) in [7, 11) is 1.32. The molecule has 1 aromatic rings. The molecule has 6 nitrogen and oxygen atoms in total. The number of halogens is 1. The van der Waals surface area contributed by atoms with E-state index in [1.807, 2.05) is 19.1 Å². The number of nitrogens with zero attached hydrogens (tertiary/aromatic N) is 2. The number of ether oxygens (including phenoxy) is 1. The van der Waals surface area contributed by atoms with E-state index in [0.29, 0.717) is 17.1 Å². The highest BCUT2D eigenvalue weighted by molar-refractivity contribution is 9.10. The largest absolute Gasteiger partial charge is 0.469 e. The fourth-order valence-electron chi connectivity index (χ4n) is 2.38. The number of methoxy groups -OCH3 is 1. The van der Waals surface area contributed by atoms with Crippen molar-refractivity contribution in [1.29, 1.82) is 0 Å². The predicted octanol–water partition coefficient (Wildman–Crippen LogP) is 3.12. The summed E-state index contributed by atoms with van der Waals surface area (Å²) < 4.78 is 5.49. The van der Waals surface area contributed by atoms with Gasteiger partial charge in [0.1, 0.15) is 6.04 Å². The highest BCUT2D eigenvalue weighted by atomic mass is 79.9. The molecule has 1 aromatic carbocycles. The van der Waals surface area contributed by atoms with Gasteiger partial charge in [-0.3, -0.25) is 19.6 Å². The molecule has 126 valence electrons. The van der Waals surface area contributed by atoms with E-state index in [-0.39, 0.29) is 24.7 Å². The summed E-state index contributed by atoms with van der Waals surface area (Å²) in [5.41, 5.74) is 2.54. The molecule has 2 rings (SSSR count). The molecule has 1 aliphatic heterocycles. The Labute approximate surface area is 148 Å². The van der Waals surface area contributed by atoms with Gasteiger partial charge in [-0.1, -0.05) is 22.0 Å². The molecule has 7 heteroatoms. The summed E-state index contributed by atoms with van der Waals surface area (Å²) in [6.07, 6.45) is 2.15. The van der Waals surface area contributed by atoms with E-state index < -0.39 is 6.04 Å². The van der Waals surface area contributed by atoms with Gasteiger partial charge in [0.25, 0.3) is 0 Å². The van der Waals surface area contributed by atoms with Crippen molar-refractivity contribution in [3.63, 3.8) is 0 Å². The molecule has 1 unspecified atom stereocenters. The van der Waals surface area contributed by atoms with Crippen LogP contribution in [0.5, 0.6) is 0 Å². The van der Waals surface area contributed by atoms with E-state index in [0.717, 1.165) is 10.0 Å². The number of carbonyl (C=O) groups excluding carboxylic acids is 2. The van der Waals surface area contributed by atoms with Crippen molar-refractivity contribution in [1.82, 2.24) is 0 Å². The first-order valence-corrected chi connectivity index (χ1v) is 8.18. The van der Waals surface area contributed by atoms with E-state index in [1.54, 1.807) is 12.1 Å². The van der Waals surface area contributed by atoms with Crippen molar-refractivity contribution in [2.45, 2.75) is 25.8 Å². The minimum atomic E-state index is -0.707. The Morgan fingerprint density at radius 2 is 2.29 bits per heavy atom. The molecule has 0 saturated heterocycles. The number of hydrogen-bond acceptors (Lipinski definition) is 5. The first kappa shape index (κ1) is 18.1. The average Bonchev–Trinajstić information content (AvgIpc) is 2.71. The second-order valence-corrected chi connectivity index (χ2v) is 6.04. The Morgan fingerprint density at radius 3 is 2.92 bits per heavy atom. The zero-order chi connectivity index (χ0) is 17.7. The first-order valence-electron chi connectivity index (χ1n) is 7.39. The highest BCUT2D eigenvalue weighted by Gasteiger charge is 2.27. The Kier molecular flexibility index (Phi) is 6.03. The summed E-state index contributed by atoms with van der Waals surface area (Å²) in [6, 6.07) is 4.79. The summed E-state index contributed by atoms with van der Waals surface area (Å²) in [4.78, 5) is 32.4. The van der Waals surface area contributed by atoms with Crippen LogP contribution in [0, 0.1) is 0 Å². The first-order chi connectivity index (χ1) is 11.5. The quantitative estimate of drug-likeness (QED) is 0.618.